The Bertz CT molecular complexity index is 1130. The Morgan fingerprint density at radius 3 is 2.86 bits per heavy atom. The zero-order valence-corrected chi connectivity index (χ0v) is 16.5. The van der Waals surface area contributed by atoms with Crippen LogP contribution in [0.4, 0.5) is 5.69 Å². The van der Waals surface area contributed by atoms with Crippen molar-refractivity contribution in [3.8, 4) is 11.1 Å². The molecule has 2 heterocycles. The molecule has 0 radical (unpaired) electrons. The first-order chi connectivity index (χ1) is 14.0. The highest BCUT2D eigenvalue weighted by Gasteiger charge is 2.19. The average Bonchev–Trinajstić information content (AvgIpc) is 3.16. The van der Waals surface area contributed by atoms with Gasteiger partial charge in [0.2, 0.25) is 5.91 Å². The second-order valence-electron chi connectivity index (χ2n) is 7.22. The van der Waals surface area contributed by atoms with Gasteiger partial charge in [0.25, 0.3) is 11.2 Å². The van der Waals surface area contributed by atoms with Crippen LogP contribution in [0.15, 0.2) is 40.8 Å². The van der Waals surface area contributed by atoms with E-state index in [2.05, 4.69) is 10.3 Å². The molecule has 1 fully saturated rings. The van der Waals surface area contributed by atoms with Crippen LogP contribution in [0.2, 0.25) is 0 Å². The van der Waals surface area contributed by atoms with E-state index >= 15 is 0 Å². The summed E-state index contributed by atoms with van der Waals surface area (Å²) < 4.78 is 1.30. The largest absolute Gasteiger partial charge is 0.352 e. The van der Waals surface area contributed by atoms with E-state index in [1.54, 1.807) is 17.5 Å². The molecule has 29 heavy (non-hydrogen) atoms. The van der Waals surface area contributed by atoms with Crippen molar-refractivity contribution >= 4 is 33.1 Å². The molecule has 9 heteroatoms. The Labute approximate surface area is 170 Å². The lowest BCUT2D eigenvalue weighted by atomic mass is 9.95. The number of carbonyl (C=O) groups is 1. The number of nitrogens with zero attached hydrogens (tertiary/aromatic N) is 3. The van der Waals surface area contributed by atoms with Gasteiger partial charge >= 0.3 is 0 Å². The van der Waals surface area contributed by atoms with Gasteiger partial charge in [-0.05, 0) is 18.4 Å². The minimum atomic E-state index is -0.468. The summed E-state index contributed by atoms with van der Waals surface area (Å²) in [5, 5.41) is 16.2. The fraction of sp³-hybridized carbons (Fsp3) is 0.350. The van der Waals surface area contributed by atoms with Crippen LogP contribution in [0, 0.1) is 10.1 Å². The van der Waals surface area contributed by atoms with Crippen molar-refractivity contribution in [3.05, 3.63) is 56.4 Å². The number of non-ortho nitro benzene ring substituents is 1. The van der Waals surface area contributed by atoms with Gasteiger partial charge in [-0.2, -0.15) is 0 Å². The maximum absolute atomic E-state index is 13.0. The number of hydrogen-bond acceptors (Lipinski definition) is 6. The van der Waals surface area contributed by atoms with Crippen LogP contribution in [0.25, 0.3) is 21.3 Å². The van der Waals surface area contributed by atoms with Crippen LogP contribution in [-0.4, -0.2) is 26.4 Å². The molecule has 2 aromatic heterocycles. The van der Waals surface area contributed by atoms with E-state index in [1.807, 2.05) is 0 Å². The number of thiophene rings is 1. The number of hydrogen-bond donors (Lipinski definition) is 1. The van der Waals surface area contributed by atoms with Crippen molar-refractivity contribution in [2.75, 3.05) is 0 Å². The monoisotopic (exact) mass is 412 g/mol. The third-order valence-corrected chi connectivity index (χ3v) is 6.10. The number of nitrogens with one attached hydrogen (secondary N) is 1. The number of carbonyl (C=O) groups excluding carboxylic acids is 1. The Morgan fingerprint density at radius 1 is 1.31 bits per heavy atom. The van der Waals surface area contributed by atoms with Crippen LogP contribution in [0.3, 0.4) is 0 Å². The zero-order valence-electron chi connectivity index (χ0n) is 15.7. The van der Waals surface area contributed by atoms with Gasteiger partial charge < -0.3 is 5.32 Å². The van der Waals surface area contributed by atoms with Crippen LogP contribution < -0.4 is 10.9 Å². The lowest BCUT2D eigenvalue weighted by Crippen LogP contribution is -2.39. The number of rotatable bonds is 5. The van der Waals surface area contributed by atoms with Gasteiger partial charge in [0.1, 0.15) is 11.4 Å². The highest BCUT2D eigenvalue weighted by molar-refractivity contribution is 7.17. The highest BCUT2D eigenvalue weighted by atomic mass is 32.1. The summed E-state index contributed by atoms with van der Waals surface area (Å²) in [7, 11) is 0. The molecule has 4 rings (SSSR count). The van der Waals surface area contributed by atoms with E-state index in [4.69, 9.17) is 0 Å². The summed E-state index contributed by atoms with van der Waals surface area (Å²) >= 11 is 1.30. The summed E-state index contributed by atoms with van der Waals surface area (Å²) in [6, 6.07) is 6.33. The molecule has 1 amide bonds. The normalized spacial score (nSPS) is 14.8. The number of amides is 1. The number of benzene rings is 1. The smallest absolute Gasteiger partial charge is 0.270 e. The Hall–Kier alpha value is -3.07. The van der Waals surface area contributed by atoms with E-state index in [0.717, 1.165) is 25.7 Å². The average molecular weight is 412 g/mol. The van der Waals surface area contributed by atoms with Crippen molar-refractivity contribution in [1.82, 2.24) is 14.9 Å². The lowest BCUT2D eigenvalue weighted by Gasteiger charge is -2.22. The minimum Gasteiger partial charge on any atom is -0.352 e. The predicted octanol–water partition coefficient (Wildman–Crippen LogP) is 3.48. The molecular weight excluding hydrogens is 392 g/mol. The third kappa shape index (κ3) is 4.04. The maximum Gasteiger partial charge on any atom is 0.270 e. The quantitative estimate of drug-likeness (QED) is 0.510. The number of nitro benzene ring substituents is 1. The molecule has 1 aliphatic rings. The Morgan fingerprint density at radius 2 is 2.10 bits per heavy atom. The van der Waals surface area contributed by atoms with Crippen LogP contribution >= 0.6 is 11.3 Å². The van der Waals surface area contributed by atoms with Crippen molar-refractivity contribution in [2.45, 2.75) is 44.7 Å². The first-order valence-corrected chi connectivity index (χ1v) is 10.4. The van der Waals surface area contributed by atoms with Gasteiger partial charge in [0, 0.05) is 29.1 Å². The molecule has 3 aromatic rings. The standard InChI is InChI=1S/C20H20N4O4S/c25-17(22-14-6-2-1-3-7-14)10-23-12-21-19-18(20(23)26)16(11-29-19)13-5-4-8-15(9-13)24(27)28/h4-5,8-9,11-12,14H,1-3,6-7,10H2,(H,22,25). The SMILES string of the molecule is O=C(Cn1cnc2scc(-c3cccc([N+](=O)[O-])c3)c2c1=O)NC1CCCCC1. The molecule has 0 unspecified atom stereocenters. The van der Waals surface area contributed by atoms with E-state index < -0.39 is 4.92 Å². The predicted molar refractivity (Wildman–Crippen MR) is 111 cm³/mol. The molecule has 1 saturated carbocycles. The summed E-state index contributed by atoms with van der Waals surface area (Å²) in [5.74, 6) is -0.202. The van der Waals surface area contributed by atoms with E-state index in [1.165, 1.54) is 40.8 Å². The molecule has 1 N–H and O–H groups in total. The Kier molecular flexibility index (Phi) is 5.39. The molecule has 0 bridgehead atoms. The second-order valence-corrected chi connectivity index (χ2v) is 8.08. The van der Waals surface area contributed by atoms with Gasteiger partial charge in [0.05, 0.1) is 16.6 Å². The molecule has 0 aliphatic heterocycles. The zero-order chi connectivity index (χ0) is 20.4. The van der Waals surface area contributed by atoms with Gasteiger partial charge in [-0.25, -0.2) is 4.98 Å². The summed E-state index contributed by atoms with van der Waals surface area (Å²) in [4.78, 5) is 40.9. The van der Waals surface area contributed by atoms with Crippen LogP contribution in [0.5, 0.6) is 0 Å². The molecule has 150 valence electrons. The van der Waals surface area contributed by atoms with Crippen LogP contribution in [-0.2, 0) is 11.3 Å². The molecular formula is C20H20N4O4S. The number of nitro groups is 1. The number of fused-ring (bicyclic) bond motifs is 1. The van der Waals surface area contributed by atoms with Crippen molar-refractivity contribution in [2.24, 2.45) is 0 Å². The molecule has 1 aliphatic carbocycles. The molecule has 1 aromatic carbocycles. The summed E-state index contributed by atoms with van der Waals surface area (Å²) in [6.45, 7) is -0.0947. The van der Waals surface area contributed by atoms with E-state index in [0.29, 0.717) is 21.3 Å². The summed E-state index contributed by atoms with van der Waals surface area (Å²) in [5.41, 5.74) is 0.802. The molecule has 0 atom stereocenters. The minimum absolute atomic E-state index is 0.0436. The van der Waals surface area contributed by atoms with Crippen molar-refractivity contribution in [3.63, 3.8) is 0 Å². The summed E-state index contributed by atoms with van der Waals surface area (Å²) in [6.07, 6.45) is 6.75. The van der Waals surface area contributed by atoms with Gasteiger partial charge in [-0.15, -0.1) is 11.3 Å². The van der Waals surface area contributed by atoms with Gasteiger partial charge in [0.15, 0.2) is 0 Å². The highest BCUT2D eigenvalue weighted by Crippen LogP contribution is 2.32. The fourth-order valence-corrected chi connectivity index (χ4v) is 4.66. The first-order valence-electron chi connectivity index (χ1n) is 9.54. The van der Waals surface area contributed by atoms with Crippen LogP contribution in [0.1, 0.15) is 32.1 Å². The third-order valence-electron chi connectivity index (χ3n) is 5.21. The van der Waals surface area contributed by atoms with E-state index in [-0.39, 0.29) is 29.7 Å². The van der Waals surface area contributed by atoms with Crippen molar-refractivity contribution in [1.29, 1.82) is 0 Å². The molecule has 0 saturated heterocycles. The van der Waals surface area contributed by atoms with E-state index in [9.17, 15) is 19.7 Å². The second kappa shape index (κ2) is 8.12. The topological polar surface area (TPSA) is 107 Å². The maximum atomic E-state index is 13.0. The Balaban J connectivity index is 1.64. The van der Waals surface area contributed by atoms with Gasteiger partial charge in [-0.3, -0.25) is 24.3 Å². The first kappa shape index (κ1) is 19.3. The number of aromatic nitrogens is 2. The van der Waals surface area contributed by atoms with Crippen molar-refractivity contribution < 1.29 is 9.72 Å². The fourth-order valence-electron chi connectivity index (χ4n) is 3.75. The lowest BCUT2D eigenvalue weighted by molar-refractivity contribution is -0.384. The molecule has 8 nitrogen and oxygen atoms in total. The van der Waals surface area contributed by atoms with Gasteiger partial charge in [-0.1, -0.05) is 31.4 Å². The molecule has 0 spiro atoms.